The molecular weight excluding hydrogens is 368 g/mol. The van der Waals surface area contributed by atoms with Crippen molar-refractivity contribution < 1.29 is 17.9 Å². The van der Waals surface area contributed by atoms with Crippen LogP contribution in [0.15, 0.2) is 30.3 Å². The Balaban J connectivity index is 1.76. The van der Waals surface area contributed by atoms with Crippen LogP contribution in [0.1, 0.15) is 29.5 Å². The summed E-state index contributed by atoms with van der Waals surface area (Å²) in [6.45, 7) is 4.11. The van der Waals surface area contributed by atoms with Crippen LogP contribution in [0.4, 0.5) is 11.6 Å². The number of sulfone groups is 1. The molecule has 2 N–H and O–H groups in total. The molecule has 0 aliphatic carbocycles. The van der Waals surface area contributed by atoms with Gasteiger partial charge < -0.3 is 15.4 Å². The van der Waals surface area contributed by atoms with E-state index in [1.807, 2.05) is 13.0 Å². The van der Waals surface area contributed by atoms with Crippen LogP contribution in [-0.4, -0.2) is 48.4 Å². The lowest BCUT2D eigenvalue weighted by molar-refractivity contribution is 0.102. The van der Waals surface area contributed by atoms with Gasteiger partial charge in [0.2, 0.25) is 5.95 Å². The van der Waals surface area contributed by atoms with Crippen LogP contribution in [0, 0.1) is 6.92 Å². The summed E-state index contributed by atoms with van der Waals surface area (Å²) in [4.78, 5) is 21.1. The number of nitrogens with zero attached hydrogens (tertiary/aromatic N) is 2. The van der Waals surface area contributed by atoms with Crippen molar-refractivity contribution in [1.29, 1.82) is 0 Å². The molecule has 1 aromatic heterocycles. The molecule has 1 unspecified atom stereocenters. The summed E-state index contributed by atoms with van der Waals surface area (Å²) in [7, 11) is -3.01. The Bertz CT molecular complexity index is 946. The van der Waals surface area contributed by atoms with Gasteiger partial charge in [-0.05, 0) is 38.5 Å². The van der Waals surface area contributed by atoms with Crippen LogP contribution in [0.25, 0.3) is 0 Å². The Hall–Kier alpha value is -2.68. The molecule has 1 atom stereocenters. The van der Waals surface area contributed by atoms with Crippen molar-refractivity contribution in [3.05, 3.63) is 41.7 Å². The normalized spacial score (nSPS) is 18.1. The second-order valence-corrected chi connectivity index (χ2v) is 8.57. The van der Waals surface area contributed by atoms with E-state index in [2.05, 4.69) is 20.6 Å². The third-order valence-electron chi connectivity index (χ3n) is 4.09. The van der Waals surface area contributed by atoms with Gasteiger partial charge in [-0.2, -0.15) is 0 Å². The minimum atomic E-state index is -3.01. The molecule has 2 aromatic rings. The fourth-order valence-corrected chi connectivity index (χ4v) is 4.55. The Labute approximate surface area is 158 Å². The molecule has 1 aromatic carbocycles. The van der Waals surface area contributed by atoms with Gasteiger partial charge in [0.1, 0.15) is 11.4 Å². The molecule has 8 nitrogen and oxygen atoms in total. The molecule has 3 rings (SSSR count). The molecule has 0 saturated carbocycles. The summed E-state index contributed by atoms with van der Waals surface area (Å²) >= 11 is 0. The van der Waals surface area contributed by atoms with Gasteiger partial charge >= 0.3 is 0 Å². The molecule has 0 bridgehead atoms. The number of aryl methyl sites for hydroxylation is 1. The Kier molecular flexibility index (Phi) is 5.59. The van der Waals surface area contributed by atoms with Crippen molar-refractivity contribution in [3.8, 4) is 5.75 Å². The van der Waals surface area contributed by atoms with Gasteiger partial charge in [-0.1, -0.05) is 12.1 Å². The number of hydrogen-bond donors (Lipinski definition) is 2. The fourth-order valence-electron chi connectivity index (χ4n) is 2.88. The zero-order valence-electron chi connectivity index (χ0n) is 15.2. The zero-order chi connectivity index (χ0) is 19.4. The number of nitrogens with one attached hydrogen (secondary N) is 2. The summed E-state index contributed by atoms with van der Waals surface area (Å²) in [5.41, 5.74) is 1.35. The smallest absolute Gasteiger partial charge is 0.274 e. The molecule has 0 radical (unpaired) electrons. The van der Waals surface area contributed by atoms with E-state index in [4.69, 9.17) is 4.74 Å². The molecule has 1 aliphatic heterocycles. The average molecular weight is 390 g/mol. The number of para-hydroxylation sites is 2. The van der Waals surface area contributed by atoms with E-state index in [0.29, 0.717) is 30.2 Å². The number of anilines is 2. The molecule has 2 heterocycles. The molecular formula is C18H22N4O4S. The second kappa shape index (κ2) is 7.91. The van der Waals surface area contributed by atoms with Gasteiger partial charge in [0.05, 0.1) is 23.8 Å². The highest BCUT2D eigenvalue weighted by Gasteiger charge is 2.28. The number of hydrogen-bond acceptors (Lipinski definition) is 7. The van der Waals surface area contributed by atoms with Gasteiger partial charge in [-0.15, -0.1) is 0 Å². The first-order valence-electron chi connectivity index (χ1n) is 8.72. The average Bonchev–Trinajstić information content (AvgIpc) is 2.94. The van der Waals surface area contributed by atoms with Crippen LogP contribution in [-0.2, 0) is 9.84 Å². The highest BCUT2D eigenvalue weighted by Crippen LogP contribution is 2.24. The molecule has 27 heavy (non-hydrogen) atoms. The number of carbonyl (C=O) groups excluding carboxylic acids is 1. The SMILES string of the molecule is CCOc1ccccc1NC(=O)c1cc(C)nc(NC2CCS(=O)(=O)C2)n1. The van der Waals surface area contributed by atoms with E-state index in [1.165, 1.54) is 0 Å². The molecule has 1 amide bonds. The summed E-state index contributed by atoms with van der Waals surface area (Å²) in [6.07, 6.45) is 0.503. The first kappa shape index (κ1) is 19.1. The Morgan fingerprint density at radius 2 is 2.07 bits per heavy atom. The summed E-state index contributed by atoms with van der Waals surface area (Å²) in [6, 6.07) is 8.49. The van der Waals surface area contributed by atoms with E-state index >= 15 is 0 Å². The molecule has 1 fully saturated rings. The Morgan fingerprint density at radius 3 is 2.78 bits per heavy atom. The van der Waals surface area contributed by atoms with E-state index in [0.717, 1.165) is 0 Å². The van der Waals surface area contributed by atoms with Crippen LogP contribution in [0.2, 0.25) is 0 Å². The zero-order valence-corrected chi connectivity index (χ0v) is 16.0. The predicted molar refractivity (Wildman–Crippen MR) is 103 cm³/mol. The van der Waals surface area contributed by atoms with Crippen LogP contribution < -0.4 is 15.4 Å². The fraction of sp³-hybridized carbons (Fsp3) is 0.389. The van der Waals surface area contributed by atoms with Gasteiger partial charge in [0.25, 0.3) is 5.91 Å². The summed E-state index contributed by atoms with van der Waals surface area (Å²) in [5, 5.41) is 5.82. The van der Waals surface area contributed by atoms with Crippen molar-refractivity contribution in [3.63, 3.8) is 0 Å². The molecule has 9 heteroatoms. The molecule has 144 valence electrons. The number of carbonyl (C=O) groups is 1. The quantitative estimate of drug-likeness (QED) is 0.776. The number of aromatic nitrogens is 2. The molecule has 1 aliphatic rings. The first-order chi connectivity index (χ1) is 12.9. The maximum absolute atomic E-state index is 12.6. The van der Waals surface area contributed by atoms with Crippen molar-refractivity contribution in [2.45, 2.75) is 26.3 Å². The standard InChI is InChI=1S/C18H22N4O4S/c1-3-26-16-7-5-4-6-14(16)21-17(23)15-10-12(2)19-18(22-15)20-13-8-9-27(24,25)11-13/h4-7,10,13H,3,8-9,11H2,1-2H3,(H,21,23)(H,19,20,22). The van der Waals surface area contributed by atoms with Gasteiger partial charge in [-0.3, -0.25) is 4.79 Å². The van der Waals surface area contributed by atoms with Crippen LogP contribution in [0.5, 0.6) is 5.75 Å². The number of rotatable bonds is 6. The Morgan fingerprint density at radius 1 is 1.30 bits per heavy atom. The maximum atomic E-state index is 12.6. The molecule has 1 saturated heterocycles. The summed E-state index contributed by atoms with van der Waals surface area (Å²) < 4.78 is 28.7. The number of amides is 1. The largest absolute Gasteiger partial charge is 0.492 e. The molecule has 0 spiro atoms. The minimum Gasteiger partial charge on any atom is -0.492 e. The van der Waals surface area contributed by atoms with E-state index < -0.39 is 15.7 Å². The monoisotopic (exact) mass is 390 g/mol. The van der Waals surface area contributed by atoms with Crippen molar-refractivity contribution in [2.24, 2.45) is 0 Å². The third-order valence-corrected chi connectivity index (χ3v) is 5.86. The van der Waals surface area contributed by atoms with Crippen molar-refractivity contribution in [2.75, 3.05) is 28.7 Å². The minimum absolute atomic E-state index is 0.0492. The van der Waals surface area contributed by atoms with Gasteiger partial charge in [0.15, 0.2) is 9.84 Å². The van der Waals surface area contributed by atoms with Gasteiger partial charge in [-0.25, -0.2) is 18.4 Å². The lowest BCUT2D eigenvalue weighted by Gasteiger charge is -2.13. The number of benzene rings is 1. The highest BCUT2D eigenvalue weighted by molar-refractivity contribution is 7.91. The van der Waals surface area contributed by atoms with E-state index in [9.17, 15) is 13.2 Å². The topological polar surface area (TPSA) is 110 Å². The summed E-state index contributed by atoms with van der Waals surface area (Å²) in [5.74, 6) is 0.634. The van der Waals surface area contributed by atoms with Crippen LogP contribution in [0.3, 0.4) is 0 Å². The number of ether oxygens (including phenoxy) is 1. The lowest BCUT2D eigenvalue weighted by Crippen LogP contribution is -2.23. The second-order valence-electron chi connectivity index (χ2n) is 6.35. The lowest BCUT2D eigenvalue weighted by atomic mass is 10.2. The maximum Gasteiger partial charge on any atom is 0.274 e. The van der Waals surface area contributed by atoms with E-state index in [-0.39, 0.29) is 29.2 Å². The predicted octanol–water partition coefficient (Wildman–Crippen LogP) is 2.04. The highest BCUT2D eigenvalue weighted by atomic mass is 32.2. The van der Waals surface area contributed by atoms with Crippen molar-refractivity contribution >= 4 is 27.4 Å². The van der Waals surface area contributed by atoms with E-state index in [1.54, 1.807) is 31.2 Å². The van der Waals surface area contributed by atoms with Crippen molar-refractivity contribution in [1.82, 2.24) is 9.97 Å². The first-order valence-corrected chi connectivity index (χ1v) is 10.5. The third kappa shape index (κ3) is 4.94. The van der Waals surface area contributed by atoms with Crippen LogP contribution >= 0.6 is 0 Å². The van der Waals surface area contributed by atoms with Gasteiger partial charge in [0, 0.05) is 11.7 Å².